The molecule has 1 radical (unpaired) electrons. The Bertz CT molecular complexity index is 3.90. The van der Waals surface area contributed by atoms with Crippen LogP contribution in [0.25, 0.3) is 0 Å². The van der Waals surface area contributed by atoms with Crippen LogP contribution in [-0.4, -0.2) is 21.9 Å². The molecule has 0 unspecified atom stereocenters. The average Bonchev–Trinajstić information content (AvgIpc) is 0. The van der Waals surface area contributed by atoms with Gasteiger partial charge in [0.2, 0.25) is 0 Å². The van der Waals surface area contributed by atoms with Crippen molar-refractivity contribution in [3.05, 3.63) is 0 Å². The minimum atomic E-state index is 0. The minimum Gasteiger partial charge on any atom is -0.873 e. The van der Waals surface area contributed by atoms with E-state index in [9.17, 15) is 0 Å². The van der Waals surface area contributed by atoms with E-state index in [0.29, 0.717) is 0 Å². The summed E-state index contributed by atoms with van der Waals surface area (Å²) < 4.78 is 0. The standard InChI is InChI=1S/Co.H4O.4H2O/h;1H4;4*1H2/q2*+2;;;;/p-4. The van der Waals surface area contributed by atoms with Gasteiger partial charge in [0.1, 0.15) is 0 Å². The van der Waals surface area contributed by atoms with Crippen molar-refractivity contribution in [1.29, 1.82) is 0 Å². The van der Waals surface area contributed by atoms with Gasteiger partial charge in [-0.25, -0.2) is 0 Å². The van der Waals surface area contributed by atoms with E-state index in [2.05, 4.69) is 0 Å². The van der Waals surface area contributed by atoms with Crippen LogP contribution in [0.3, 0.4) is 0 Å². The molecule has 0 atom stereocenters. The third-order valence-corrected chi connectivity index (χ3v) is 0. The van der Waals surface area contributed by atoms with Gasteiger partial charge in [0.05, 0.1) is 0 Å². The molecule has 0 aromatic rings. The SMILES string of the molecule is [Co+2].[OH-].[OH-].[OH-].[OH-].[OH4+2]. The fraction of sp³-hybridized carbons (Fsp3) is 0. The molecule has 47 valence electrons. The third-order valence-electron chi connectivity index (χ3n) is 0. The molecule has 0 aromatic heterocycles. The molecule has 6 heavy (non-hydrogen) atoms. The van der Waals surface area contributed by atoms with Crippen molar-refractivity contribution in [3.8, 4) is 0 Å². The molecule has 0 heterocycles. The maximum atomic E-state index is 0. The molecule has 0 aliphatic rings. The second kappa shape index (κ2) is 1050. The zero-order chi connectivity index (χ0) is 0. The van der Waals surface area contributed by atoms with Crippen LogP contribution in [0.15, 0.2) is 0 Å². The minimum absolute atomic E-state index is 0. The smallest absolute Gasteiger partial charge is 0.873 e. The molecule has 0 saturated carbocycles. The summed E-state index contributed by atoms with van der Waals surface area (Å²) in [5.41, 5.74) is 0. The van der Waals surface area contributed by atoms with Crippen molar-refractivity contribution in [2.45, 2.75) is 0 Å². The van der Waals surface area contributed by atoms with Gasteiger partial charge in [0.15, 0.2) is 0 Å². The summed E-state index contributed by atoms with van der Waals surface area (Å²) in [7, 11) is 0. The first-order valence-corrected chi connectivity index (χ1v) is 0. The van der Waals surface area contributed by atoms with Crippen LogP contribution in [0.5, 0.6) is 0 Å². The molecule has 0 spiro atoms. The topological polar surface area (TPSA) is 154 Å². The molecule has 0 rings (SSSR count). The van der Waals surface area contributed by atoms with Gasteiger partial charge in [-0.1, -0.05) is 0 Å². The van der Waals surface area contributed by atoms with Gasteiger partial charge >= 0.3 is 16.8 Å². The molecule has 0 aliphatic carbocycles. The first kappa shape index (κ1) is 1890. The van der Waals surface area contributed by atoms with Crippen LogP contribution in [-0.2, 0) is 22.3 Å². The molecule has 6 heteroatoms. The van der Waals surface area contributed by atoms with Crippen molar-refractivity contribution in [3.63, 3.8) is 0 Å². The Labute approximate surface area is 45.1 Å². The number of hydrogen-bond donors (Lipinski definition) is 0. The first-order chi connectivity index (χ1) is 0. The third kappa shape index (κ3) is 501. The summed E-state index contributed by atoms with van der Waals surface area (Å²) in [4.78, 5) is 0. The van der Waals surface area contributed by atoms with E-state index in [-0.39, 0.29) is 44.2 Å². The summed E-state index contributed by atoms with van der Waals surface area (Å²) in [6, 6.07) is 0. The van der Waals surface area contributed by atoms with Crippen molar-refractivity contribution in [2.75, 3.05) is 0 Å². The summed E-state index contributed by atoms with van der Waals surface area (Å²) >= 11 is 0. The Morgan fingerprint density at radius 3 is 0.500 bits per heavy atom. The zero-order valence-corrected chi connectivity index (χ0v) is 3.87. The Kier molecular flexibility index (Phi) is 330000. The Morgan fingerprint density at radius 1 is 0.500 bits per heavy atom. The second-order valence-corrected chi connectivity index (χ2v) is 0. The Balaban J connectivity index is 0. The summed E-state index contributed by atoms with van der Waals surface area (Å²) in [6.45, 7) is 0. The predicted octanol–water partition coefficient (Wildman–Crippen LogP) is -1.90. The van der Waals surface area contributed by atoms with Gasteiger partial charge in [-0.15, -0.1) is 0 Å². The largest absolute Gasteiger partial charge is 2.00 e. The van der Waals surface area contributed by atoms with Crippen LogP contribution in [0.4, 0.5) is 0 Å². The van der Waals surface area contributed by atoms with E-state index in [1.165, 1.54) is 0 Å². The Morgan fingerprint density at radius 2 is 0.500 bits per heavy atom. The fourth-order valence-electron chi connectivity index (χ4n) is 0. The van der Waals surface area contributed by atoms with E-state index < -0.39 is 0 Å². The van der Waals surface area contributed by atoms with Crippen molar-refractivity contribution >= 4 is 0 Å². The van der Waals surface area contributed by atoms with E-state index in [4.69, 9.17) is 0 Å². The van der Waals surface area contributed by atoms with E-state index in [1.54, 1.807) is 0 Å². The van der Waals surface area contributed by atoms with Gasteiger partial charge in [0, 0.05) is 0 Å². The van der Waals surface area contributed by atoms with E-state index in [0.717, 1.165) is 0 Å². The van der Waals surface area contributed by atoms with Crippen LogP contribution in [0, 0.1) is 0 Å². The molecule has 0 bridgehead atoms. The number of rotatable bonds is 0. The molecule has 8 N–H and O–H groups in total. The molecule has 0 fully saturated rings. The van der Waals surface area contributed by atoms with Crippen molar-refractivity contribution < 1.29 is 44.2 Å². The summed E-state index contributed by atoms with van der Waals surface area (Å²) in [5, 5.41) is 0. The fourth-order valence-corrected chi connectivity index (χ4v) is 0. The molecule has 0 saturated heterocycles. The Hall–Kier alpha value is 0.306. The molecule has 5 nitrogen and oxygen atoms in total. The zero-order valence-electron chi connectivity index (χ0n) is 2.83. The molecule has 0 aliphatic heterocycles. The van der Waals surface area contributed by atoms with Crippen LogP contribution in [0.1, 0.15) is 0 Å². The maximum absolute atomic E-state index is 0. The van der Waals surface area contributed by atoms with Gasteiger partial charge in [-0.05, 0) is 0 Å². The van der Waals surface area contributed by atoms with Crippen molar-refractivity contribution in [1.82, 2.24) is 0 Å². The predicted molar refractivity (Wildman–Crippen MR) is 14.0 cm³/mol. The van der Waals surface area contributed by atoms with Gasteiger partial charge < -0.3 is 27.4 Å². The molecule has 0 amide bonds. The van der Waals surface area contributed by atoms with Crippen molar-refractivity contribution in [2.24, 2.45) is 0 Å². The summed E-state index contributed by atoms with van der Waals surface area (Å²) in [6.07, 6.45) is 0. The summed E-state index contributed by atoms with van der Waals surface area (Å²) in [5.74, 6) is 0. The molecular formula is H8CoO5. The van der Waals surface area contributed by atoms with Gasteiger partial charge in [-0.2, -0.15) is 0 Å². The average molecular weight is 147 g/mol. The first-order valence-electron chi connectivity index (χ1n) is 0. The van der Waals surface area contributed by atoms with Gasteiger partial charge in [0.25, 0.3) is 0 Å². The molecular weight excluding hydrogens is 139 g/mol. The quantitative estimate of drug-likeness (QED) is 0.392. The van der Waals surface area contributed by atoms with E-state index >= 15 is 0 Å². The second-order valence-electron chi connectivity index (χ2n) is 0. The van der Waals surface area contributed by atoms with Crippen LogP contribution < -0.4 is 0 Å². The van der Waals surface area contributed by atoms with Gasteiger partial charge in [-0.3, -0.25) is 0 Å². The van der Waals surface area contributed by atoms with Crippen LogP contribution in [0.2, 0.25) is 0 Å². The number of hydrogen-bond acceptors (Lipinski definition) is 4. The normalized spacial score (nSPS) is 0. The maximum Gasteiger partial charge on any atom is 2.00 e. The van der Waals surface area contributed by atoms with Crippen LogP contribution >= 0.6 is 0 Å². The van der Waals surface area contributed by atoms with E-state index in [1.807, 2.05) is 0 Å². The monoisotopic (exact) mass is 147 g/mol. The molecule has 0 aromatic carbocycles.